The molecule has 0 saturated carbocycles. The van der Waals surface area contributed by atoms with Crippen molar-refractivity contribution >= 4 is 21.6 Å². The molecule has 2 N–H and O–H groups in total. The molecule has 1 heterocycles. The zero-order chi connectivity index (χ0) is 19.6. The molecule has 1 saturated heterocycles. The predicted octanol–water partition coefficient (Wildman–Crippen LogP) is 2.54. The number of nitrogens with zero attached hydrogens (tertiary/aromatic N) is 1. The summed E-state index contributed by atoms with van der Waals surface area (Å²) in [6.45, 7) is 8.00. The number of amides is 1. The van der Waals surface area contributed by atoms with Crippen LogP contribution in [-0.2, 0) is 10.0 Å². The van der Waals surface area contributed by atoms with E-state index in [1.54, 1.807) is 29.2 Å². The molecule has 0 bridgehead atoms. The number of hydrogen-bond donors (Lipinski definition) is 2. The van der Waals surface area contributed by atoms with Crippen LogP contribution in [0, 0.1) is 13.8 Å². The fourth-order valence-corrected chi connectivity index (χ4v) is 4.14. The lowest BCUT2D eigenvalue weighted by atomic mass is 10.1. The minimum absolute atomic E-state index is 0.0746. The summed E-state index contributed by atoms with van der Waals surface area (Å²) in [6, 6.07) is 11.8. The van der Waals surface area contributed by atoms with Crippen molar-refractivity contribution < 1.29 is 13.2 Å². The van der Waals surface area contributed by atoms with E-state index in [0.717, 1.165) is 17.7 Å². The SMILES string of the molecule is Cc1ccc(NS(=O)(=O)c2ccc(C(=O)N3CCNC(C)C3)cc2)cc1C. The van der Waals surface area contributed by atoms with E-state index in [1.807, 2.05) is 26.8 Å². The number of nitrogens with one attached hydrogen (secondary N) is 2. The molecule has 1 fully saturated rings. The first-order chi connectivity index (χ1) is 12.8. The van der Waals surface area contributed by atoms with Gasteiger partial charge >= 0.3 is 0 Å². The molecule has 6 nitrogen and oxygen atoms in total. The molecule has 1 aliphatic rings. The lowest BCUT2D eigenvalue weighted by molar-refractivity contribution is 0.0709. The normalized spacial score (nSPS) is 17.6. The standard InChI is InChI=1S/C20H25N3O3S/c1-14-4-7-18(12-15(14)2)22-27(25,26)19-8-5-17(6-9-19)20(24)23-11-10-21-16(3)13-23/h4-9,12,16,21-22H,10-11,13H2,1-3H3. The molecule has 1 aliphatic heterocycles. The molecule has 2 aromatic carbocycles. The average molecular weight is 388 g/mol. The van der Waals surface area contributed by atoms with Gasteiger partial charge in [-0.15, -0.1) is 0 Å². The van der Waals surface area contributed by atoms with Gasteiger partial charge in [0.15, 0.2) is 0 Å². The Kier molecular flexibility index (Phi) is 5.53. The average Bonchev–Trinajstić information content (AvgIpc) is 2.64. The van der Waals surface area contributed by atoms with Crippen LogP contribution in [0.15, 0.2) is 47.4 Å². The van der Waals surface area contributed by atoms with E-state index in [0.29, 0.717) is 24.3 Å². The number of rotatable bonds is 4. The lowest BCUT2D eigenvalue weighted by Gasteiger charge is -2.32. The first-order valence-electron chi connectivity index (χ1n) is 8.99. The van der Waals surface area contributed by atoms with Gasteiger partial charge in [-0.2, -0.15) is 0 Å². The fraction of sp³-hybridized carbons (Fsp3) is 0.350. The number of hydrogen-bond acceptors (Lipinski definition) is 4. The molecular formula is C20H25N3O3S. The second-order valence-electron chi connectivity index (χ2n) is 7.04. The van der Waals surface area contributed by atoms with Crippen LogP contribution in [0.2, 0.25) is 0 Å². The molecule has 0 spiro atoms. The number of carbonyl (C=O) groups excluding carboxylic acids is 1. The van der Waals surface area contributed by atoms with E-state index >= 15 is 0 Å². The Hall–Kier alpha value is -2.38. The zero-order valence-electron chi connectivity index (χ0n) is 15.8. The predicted molar refractivity (Wildman–Crippen MR) is 107 cm³/mol. The van der Waals surface area contributed by atoms with Gasteiger partial charge in [0.05, 0.1) is 4.90 Å². The Morgan fingerprint density at radius 3 is 2.44 bits per heavy atom. The Morgan fingerprint density at radius 2 is 1.81 bits per heavy atom. The molecular weight excluding hydrogens is 362 g/mol. The van der Waals surface area contributed by atoms with Crippen LogP contribution in [0.5, 0.6) is 0 Å². The molecule has 7 heteroatoms. The fourth-order valence-electron chi connectivity index (χ4n) is 3.10. The molecule has 3 rings (SSSR count). The third kappa shape index (κ3) is 4.48. The first kappa shape index (κ1) is 19.4. The number of benzene rings is 2. The van der Waals surface area contributed by atoms with Gasteiger partial charge in [-0.1, -0.05) is 6.07 Å². The summed E-state index contributed by atoms with van der Waals surface area (Å²) in [4.78, 5) is 14.5. The van der Waals surface area contributed by atoms with Crippen molar-refractivity contribution in [2.75, 3.05) is 24.4 Å². The van der Waals surface area contributed by atoms with Gasteiger partial charge in [0, 0.05) is 36.9 Å². The summed E-state index contributed by atoms with van der Waals surface area (Å²) in [5.41, 5.74) is 3.13. The first-order valence-corrected chi connectivity index (χ1v) is 10.5. The van der Waals surface area contributed by atoms with Crippen molar-refractivity contribution in [3.05, 3.63) is 59.2 Å². The van der Waals surface area contributed by atoms with E-state index in [4.69, 9.17) is 0 Å². The topological polar surface area (TPSA) is 78.5 Å². The highest BCUT2D eigenvalue weighted by Crippen LogP contribution is 2.20. The maximum atomic E-state index is 12.6. The van der Waals surface area contributed by atoms with Crippen molar-refractivity contribution in [3.8, 4) is 0 Å². The number of piperazine rings is 1. The van der Waals surface area contributed by atoms with Gasteiger partial charge in [-0.05, 0) is 68.3 Å². The van der Waals surface area contributed by atoms with Gasteiger partial charge in [-0.25, -0.2) is 8.42 Å². The van der Waals surface area contributed by atoms with Crippen molar-refractivity contribution in [1.29, 1.82) is 0 Å². The van der Waals surface area contributed by atoms with E-state index in [1.165, 1.54) is 12.1 Å². The van der Waals surface area contributed by atoms with E-state index in [2.05, 4.69) is 10.0 Å². The van der Waals surface area contributed by atoms with Crippen LogP contribution in [0.25, 0.3) is 0 Å². The minimum Gasteiger partial charge on any atom is -0.336 e. The van der Waals surface area contributed by atoms with Crippen LogP contribution in [0.1, 0.15) is 28.4 Å². The van der Waals surface area contributed by atoms with Gasteiger partial charge in [-0.3, -0.25) is 9.52 Å². The largest absolute Gasteiger partial charge is 0.336 e. The summed E-state index contributed by atoms with van der Waals surface area (Å²) in [5, 5.41) is 3.30. The van der Waals surface area contributed by atoms with Crippen molar-refractivity contribution in [1.82, 2.24) is 10.2 Å². The van der Waals surface area contributed by atoms with Crippen molar-refractivity contribution in [3.63, 3.8) is 0 Å². The summed E-state index contributed by atoms with van der Waals surface area (Å²) in [6.07, 6.45) is 0. The molecule has 2 aromatic rings. The second-order valence-corrected chi connectivity index (χ2v) is 8.72. The van der Waals surface area contributed by atoms with Crippen LogP contribution in [0.3, 0.4) is 0 Å². The van der Waals surface area contributed by atoms with Crippen LogP contribution < -0.4 is 10.0 Å². The third-order valence-electron chi connectivity index (χ3n) is 4.83. The Morgan fingerprint density at radius 1 is 1.11 bits per heavy atom. The van der Waals surface area contributed by atoms with E-state index < -0.39 is 10.0 Å². The quantitative estimate of drug-likeness (QED) is 0.845. The second kappa shape index (κ2) is 7.70. The molecule has 27 heavy (non-hydrogen) atoms. The van der Waals surface area contributed by atoms with Crippen molar-refractivity contribution in [2.24, 2.45) is 0 Å². The van der Waals surface area contributed by atoms with E-state index in [9.17, 15) is 13.2 Å². The van der Waals surface area contributed by atoms with Gasteiger partial charge in [0.25, 0.3) is 15.9 Å². The summed E-state index contributed by atoms with van der Waals surface area (Å²) in [5.74, 6) is -0.0746. The molecule has 0 aromatic heterocycles. The van der Waals surface area contributed by atoms with Crippen LogP contribution in [0.4, 0.5) is 5.69 Å². The summed E-state index contributed by atoms with van der Waals surface area (Å²) >= 11 is 0. The van der Waals surface area contributed by atoms with Crippen LogP contribution >= 0.6 is 0 Å². The van der Waals surface area contributed by atoms with E-state index in [-0.39, 0.29) is 16.8 Å². The number of aryl methyl sites for hydroxylation is 2. The van der Waals surface area contributed by atoms with Crippen LogP contribution in [-0.4, -0.2) is 44.9 Å². The Balaban J connectivity index is 1.75. The van der Waals surface area contributed by atoms with Crippen molar-refractivity contribution in [2.45, 2.75) is 31.7 Å². The highest BCUT2D eigenvalue weighted by atomic mass is 32.2. The maximum absolute atomic E-state index is 12.6. The molecule has 1 atom stereocenters. The summed E-state index contributed by atoms with van der Waals surface area (Å²) in [7, 11) is -3.70. The Labute approximate surface area is 160 Å². The third-order valence-corrected chi connectivity index (χ3v) is 6.22. The minimum atomic E-state index is -3.70. The zero-order valence-corrected chi connectivity index (χ0v) is 16.6. The van der Waals surface area contributed by atoms with Gasteiger partial charge in [0.2, 0.25) is 0 Å². The molecule has 144 valence electrons. The Bertz CT molecular complexity index is 939. The molecule has 0 aliphatic carbocycles. The highest BCUT2D eigenvalue weighted by Gasteiger charge is 2.22. The maximum Gasteiger partial charge on any atom is 0.261 e. The van der Waals surface area contributed by atoms with Gasteiger partial charge < -0.3 is 10.2 Å². The monoisotopic (exact) mass is 387 g/mol. The smallest absolute Gasteiger partial charge is 0.261 e. The number of carbonyl (C=O) groups is 1. The van der Waals surface area contributed by atoms with Gasteiger partial charge in [0.1, 0.15) is 0 Å². The summed E-state index contributed by atoms with van der Waals surface area (Å²) < 4.78 is 27.8. The molecule has 1 amide bonds. The molecule has 1 unspecified atom stereocenters. The highest BCUT2D eigenvalue weighted by molar-refractivity contribution is 7.92. The number of anilines is 1. The number of sulfonamides is 1. The molecule has 0 radical (unpaired) electrons. The lowest BCUT2D eigenvalue weighted by Crippen LogP contribution is -2.51.